The number of carboxylic acid groups (broad SMARTS) is 1. The molecule has 31 heavy (non-hydrogen) atoms. The minimum Gasteiger partial charge on any atom is -0.493 e. The molecular weight excluding hydrogens is 394 g/mol. The fourth-order valence-electron chi connectivity index (χ4n) is 3.86. The standard InChI is InChI=1S/C24H27N3O4/c1-30-21-16-17(8-10-20(21)31-15-14-27-12-3-2-4-13-27)9-11-22-25-19-7-5-6-18(24(28)29)23(19)26-22/h5-11,16H,2-4,12-15H2,1H3,(H,25,26)(H,28,29). The number of hydrogen-bond donors (Lipinski definition) is 2. The summed E-state index contributed by atoms with van der Waals surface area (Å²) in [7, 11) is 1.63. The van der Waals surface area contributed by atoms with E-state index in [1.54, 1.807) is 25.3 Å². The summed E-state index contributed by atoms with van der Waals surface area (Å²) in [5.41, 5.74) is 2.27. The smallest absolute Gasteiger partial charge is 0.337 e. The van der Waals surface area contributed by atoms with E-state index in [4.69, 9.17) is 9.47 Å². The average molecular weight is 421 g/mol. The maximum atomic E-state index is 11.4. The van der Waals surface area contributed by atoms with Gasteiger partial charge in [0.05, 0.1) is 23.7 Å². The van der Waals surface area contributed by atoms with Gasteiger partial charge in [0.25, 0.3) is 0 Å². The van der Waals surface area contributed by atoms with Crippen LogP contribution in [0.5, 0.6) is 11.5 Å². The van der Waals surface area contributed by atoms with Crippen molar-refractivity contribution in [2.45, 2.75) is 19.3 Å². The number of hydrogen-bond acceptors (Lipinski definition) is 5. The van der Waals surface area contributed by atoms with Crippen LogP contribution in [0.3, 0.4) is 0 Å². The Bertz CT molecular complexity index is 1080. The molecule has 1 aliphatic heterocycles. The number of carboxylic acids is 1. The third-order valence-electron chi connectivity index (χ3n) is 5.50. The third kappa shape index (κ3) is 5.06. The predicted molar refractivity (Wildman–Crippen MR) is 121 cm³/mol. The number of nitrogens with zero attached hydrogens (tertiary/aromatic N) is 2. The van der Waals surface area contributed by atoms with Gasteiger partial charge in [-0.2, -0.15) is 0 Å². The minimum atomic E-state index is -0.981. The highest BCUT2D eigenvalue weighted by Crippen LogP contribution is 2.29. The molecule has 0 saturated carbocycles. The predicted octanol–water partition coefficient (Wildman–Crippen LogP) is 4.30. The Kier molecular flexibility index (Phi) is 6.52. The molecule has 1 saturated heterocycles. The number of para-hydroxylation sites is 1. The summed E-state index contributed by atoms with van der Waals surface area (Å²) in [4.78, 5) is 21.3. The van der Waals surface area contributed by atoms with Gasteiger partial charge in [-0.25, -0.2) is 9.78 Å². The molecule has 7 heteroatoms. The van der Waals surface area contributed by atoms with Gasteiger partial charge in [-0.15, -0.1) is 0 Å². The molecule has 0 spiro atoms. The summed E-state index contributed by atoms with van der Waals surface area (Å²) in [6, 6.07) is 10.8. The molecule has 0 atom stereocenters. The van der Waals surface area contributed by atoms with Gasteiger partial charge in [-0.3, -0.25) is 4.90 Å². The number of carbonyl (C=O) groups is 1. The van der Waals surface area contributed by atoms with Crippen LogP contribution in [0.1, 0.15) is 41.0 Å². The Balaban J connectivity index is 1.43. The number of H-pyrrole nitrogens is 1. The van der Waals surface area contributed by atoms with Crippen molar-refractivity contribution in [3.63, 3.8) is 0 Å². The number of benzene rings is 2. The zero-order valence-electron chi connectivity index (χ0n) is 17.6. The molecule has 2 aromatic carbocycles. The maximum Gasteiger partial charge on any atom is 0.337 e. The molecule has 0 bridgehead atoms. The lowest BCUT2D eigenvalue weighted by Gasteiger charge is -2.26. The van der Waals surface area contributed by atoms with E-state index >= 15 is 0 Å². The highest BCUT2D eigenvalue weighted by atomic mass is 16.5. The number of piperidine rings is 1. The van der Waals surface area contributed by atoms with Crippen molar-refractivity contribution in [2.24, 2.45) is 0 Å². The van der Waals surface area contributed by atoms with Crippen molar-refractivity contribution in [2.75, 3.05) is 33.4 Å². The van der Waals surface area contributed by atoms with Gasteiger partial charge >= 0.3 is 5.97 Å². The van der Waals surface area contributed by atoms with Crippen LogP contribution < -0.4 is 9.47 Å². The molecular formula is C24H27N3O4. The molecule has 1 aliphatic rings. The first-order chi connectivity index (χ1) is 15.1. The number of fused-ring (bicyclic) bond motifs is 1. The first kappa shape index (κ1) is 20.9. The van der Waals surface area contributed by atoms with E-state index in [9.17, 15) is 9.90 Å². The Hall–Kier alpha value is -3.32. The molecule has 0 aliphatic carbocycles. The molecule has 2 N–H and O–H groups in total. The Morgan fingerprint density at radius 2 is 2.00 bits per heavy atom. The fourth-order valence-corrected chi connectivity index (χ4v) is 3.86. The van der Waals surface area contributed by atoms with E-state index in [1.165, 1.54) is 19.3 Å². The van der Waals surface area contributed by atoms with Crippen molar-refractivity contribution in [3.8, 4) is 11.5 Å². The minimum absolute atomic E-state index is 0.206. The lowest BCUT2D eigenvalue weighted by Crippen LogP contribution is -2.33. The van der Waals surface area contributed by atoms with Gasteiger partial charge < -0.3 is 19.6 Å². The summed E-state index contributed by atoms with van der Waals surface area (Å²) >= 11 is 0. The molecule has 7 nitrogen and oxygen atoms in total. The second-order valence-corrected chi connectivity index (χ2v) is 7.62. The quantitative estimate of drug-likeness (QED) is 0.564. The van der Waals surface area contributed by atoms with Crippen LogP contribution in [0.15, 0.2) is 36.4 Å². The molecule has 2 heterocycles. The summed E-state index contributed by atoms with van der Waals surface area (Å²) in [5.74, 6) is 1.01. The average Bonchev–Trinajstić information content (AvgIpc) is 3.22. The number of rotatable bonds is 8. The van der Waals surface area contributed by atoms with E-state index in [2.05, 4.69) is 14.9 Å². The van der Waals surface area contributed by atoms with E-state index in [0.717, 1.165) is 30.9 Å². The zero-order chi connectivity index (χ0) is 21.6. The van der Waals surface area contributed by atoms with Crippen molar-refractivity contribution in [1.82, 2.24) is 14.9 Å². The second kappa shape index (κ2) is 9.66. The van der Waals surface area contributed by atoms with Gasteiger partial charge in [0, 0.05) is 6.54 Å². The van der Waals surface area contributed by atoms with Gasteiger partial charge in [-0.1, -0.05) is 24.6 Å². The number of likely N-dealkylation sites (tertiary alicyclic amines) is 1. The third-order valence-corrected chi connectivity index (χ3v) is 5.50. The second-order valence-electron chi connectivity index (χ2n) is 7.62. The highest BCUT2D eigenvalue weighted by molar-refractivity contribution is 6.01. The zero-order valence-corrected chi connectivity index (χ0v) is 17.6. The topological polar surface area (TPSA) is 87.7 Å². The molecule has 1 aromatic heterocycles. The lowest BCUT2D eigenvalue weighted by molar-refractivity contribution is 0.0699. The van der Waals surface area contributed by atoms with Gasteiger partial charge in [0.2, 0.25) is 0 Å². The molecule has 162 valence electrons. The van der Waals surface area contributed by atoms with Crippen molar-refractivity contribution in [1.29, 1.82) is 0 Å². The van der Waals surface area contributed by atoms with Crippen molar-refractivity contribution >= 4 is 29.2 Å². The van der Waals surface area contributed by atoms with Crippen molar-refractivity contribution in [3.05, 3.63) is 53.3 Å². The molecule has 0 amide bonds. The largest absolute Gasteiger partial charge is 0.493 e. The van der Waals surface area contributed by atoms with E-state index < -0.39 is 5.97 Å². The van der Waals surface area contributed by atoms with Crippen LogP contribution in [-0.4, -0.2) is 59.3 Å². The summed E-state index contributed by atoms with van der Waals surface area (Å²) in [5, 5.41) is 9.33. The van der Waals surface area contributed by atoms with Crippen LogP contribution in [0, 0.1) is 0 Å². The highest BCUT2D eigenvalue weighted by Gasteiger charge is 2.12. The van der Waals surface area contributed by atoms with Crippen LogP contribution in [-0.2, 0) is 0 Å². The Morgan fingerprint density at radius 1 is 1.16 bits per heavy atom. The summed E-state index contributed by atoms with van der Waals surface area (Å²) in [6.45, 7) is 3.87. The van der Waals surface area contributed by atoms with Gasteiger partial charge in [-0.05, 0) is 61.8 Å². The lowest BCUT2D eigenvalue weighted by atomic mass is 10.1. The number of aromatic nitrogens is 2. The Labute approximate surface area is 181 Å². The number of ether oxygens (including phenoxy) is 2. The number of aromatic carboxylic acids is 1. The Morgan fingerprint density at radius 3 is 2.77 bits per heavy atom. The van der Waals surface area contributed by atoms with Gasteiger partial charge in [0.15, 0.2) is 11.5 Å². The number of imidazole rings is 1. The van der Waals surface area contributed by atoms with Crippen LogP contribution in [0.25, 0.3) is 23.2 Å². The van der Waals surface area contributed by atoms with E-state index in [-0.39, 0.29) is 5.56 Å². The van der Waals surface area contributed by atoms with Crippen LogP contribution >= 0.6 is 0 Å². The normalized spacial score (nSPS) is 14.9. The maximum absolute atomic E-state index is 11.4. The van der Waals surface area contributed by atoms with E-state index in [0.29, 0.717) is 29.2 Å². The summed E-state index contributed by atoms with van der Waals surface area (Å²) in [6.07, 6.45) is 7.59. The first-order valence-corrected chi connectivity index (χ1v) is 10.6. The molecule has 0 unspecified atom stereocenters. The van der Waals surface area contributed by atoms with E-state index in [1.807, 2.05) is 30.4 Å². The monoisotopic (exact) mass is 421 g/mol. The van der Waals surface area contributed by atoms with Crippen LogP contribution in [0.4, 0.5) is 0 Å². The molecule has 3 aromatic rings. The van der Waals surface area contributed by atoms with Crippen LogP contribution in [0.2, 0.25) is 0 Å². The number of aromatic amines is 1. The fraction of sp³-hybridized carbons (Fsp3) is 0.333. The molecule has 4 rings (SSSR count). The SMILES string of the molecule is COc1cc(C=Cc2nc3cccc(C(=O)O)c3[nH]2)ccc1OCCN1CCCCC1. The summed E-state index contributed by atoms with van der Waals surface area (Å²) < 4.78 is 11.5. The number of methoxy groups -OCH3 is 1. The molecule has 1 fully saturated rings. The molecule has 0 radical (unpaired) electrons. The van der Waals surface area contributed by atoms with Gasteiger partial charge in [0.1, 0.15) is 12.4 Å². The first-order valence-electron chi connectivity index (χ1n) is 10.6. The van der Waals surface area contributed by atoms with Crippen molar-refractivity contribution < 1.29 is 19.4 Å². The number of nitrogens with one attached hydrogen (secondary N) is 1.